The van der Waals surface area contributed by atoms with Crippen LogP contribution in [0.15, 0.2) is 0 Å². The summed E-state index contributed by atoms with van der Waals surface area (Å²) in [4.78, 5) is 0. The molecule has 0 spiro atoms. The van der Waals surface area contributed by atoms with Gasteiger partial charge in [-0.25, -0.2) is 0 Å². The van der Waals surface area contributed by atoms with Crippen LogP contribution in [0.2, 0.25) is 0 Å². The maximum Gasteiger partial charge on any atom is -0.00205 e. The van der Waals surface area contributed by atoms with Crippen LogP contribution in [0.4, 0.5) is 0 Å². The van der Waals surface area contributed by atoms with E-state index >= 15 is 0 Å². The van der Waals surface area contributed by atoms with Crippen molar-refractivity contribution in [3.05, 3.63) is 0 Å². The highest BCUT2D eigenvalue weighted by Crippen LogP contribution is 2.24. The van der Waals surface area contributed by atoms with E-state index in [2.05, 4.69) is 12.2 Å². The van der Waals surface area contributed by atoms with E-state index in [1.807, 2.05) is 0 Å². The summed E-state index contributed by atoms with van der Waals surface area (Å²) in [6.07, 6.45) is 11.4. The zero-order valence-electron chi connectivity index (χ0n) is 9.15. The van der Waals surface area contributed by atoms with Crippen LogP contribution in [-0.4, -0.2) is 13.1 Å². The standard InChI is InChI=1S/C12H25N/c1-2-3-4-5-6-10-13-11-12-8-7-9-12/h12-13H,2-11H2,1H3. The summed E-state index contributed by atoms with van der Waals surface area (Å²) in [5, 5.41) is 3.56. The van der Waals surface area contributed by atoms with Crippen LogP contribution in [-0.2, 0) is 0 Å². The minimum absolute atomic E-state index is 1.02. The van der Waals surface area contributed by atoms with Gasteiger partial charge in [0.25, 0.3) is 0 Å². The Balaban J connectivity index is 1.68. The maximum absolute atomic E-state index is 3.56. The topological polar surface area (TPSA) is 12.0 Å². The summed E-state index contributed by atoms with van der Waals surface area (Å²) in [6.45, 7) is 4.81. The molecule has 1 N–H and O–H groups in total. The second-order valence-corrected chi connectivity index (χ2v) is 4.42. The van der Waals surface area contributed by atoms with Gasteiger partial charge in [0, 0.05) is 0 Å². The van der Waals surface area contributed by atoms with Gasteiger partial charge in [0.15, 0.2) is 0 Å². The predicted octanol–water partition coefficient (Wildman–Crippen LogP) is 3.35. The van der Waals surface area contributed by atoms with Crippen molar-refractivity contribution in [2.24, 2.45) is 5.92 Å². The zero-order valence-corrected chi connectivity index (χ0v) is 9.15. The van der Waals surface area contributed by atoms with Gasteiger partial charge in [-0.2, -0.15) is 0 Å². The van der Waals surface area contributed by atoms with Crippen LogP contribution in [0.1, 0.15) is 58.3 Å². The molecule has 1 rings (SSSR count). The van der Waals surface area contributed by atoms with Gasteiger partial charge < -0.3 is 5.32 Å². The number of hydrogen-bond acceptors (Lipinski definition) is 1. The molecule has 78 valence electrons. The van der Waals surface area contributed by atoms with E-state index in [1.165, 1.54) is 64.5 Å². The van der Waals surface area contributed by atoms with Crippen LogP contribution in [0.3, 0.4) is 0 Å². The van der Waals surface area contributed by atoms with Crippen LogP contribution in [0.25, 0.3) is 0 Å². The molecule has 1 fully saturated rings. The summed E-state index contributed by atoms with van der Waals surface area (Å²) in [6, 6.07) is 0. The molecule has 1 saturated carbocycles. The van der Waals surface area contributed by atoms with Gasteiger partial charge in [-0.15, -0.1) is 0 Å². The molecule has 0 aliphatic heterocycles. The molecule has 0 aromatic heterocycles. The van der Waals surface area contributed by atoms with Gasteiger partial charge in [-0.1, -0.05) is 39.0 Å². The molecule has 0 radical (unpaired) electrons. The van der Waals surface area contributed by atoms with Gasteiger partial charge in [0.05, 0.1) is 0 Å². The van der Waals surface area contributed by atoms with Crippen molar-refractivity contribution in [3.63, 3.8) is 0 Å². The molecule has 0 aromatic carbocycles. The molecule has 1 aliphatic carbocycles. The first-order chi connectivity index (χ1) is 6.43. The van der Waals surface area contributed by atoms with E-state index in [1.54, 1.807) is 0 Å². The van der Waals surface area contributed by atoms with E-state index in [0.29, 0.717) is 0 Å². The molecule has 0 heterocycles. The zero-order chi connectivity index (χ0) is 9.36. The lowest BCUT2D eigenvalue weighted by Gasteiger charge is -2.25. The smallest absolute Gasteiger partial charge is 0.00205 e. The third-order valence-electron chi connectivity index (χ3n) is 3.11. The molecular formula is C12H25N. The molecule has 0 atom stereocenters. The molecule has 0 amide bonds. The number of unbranched alkanes of at least 4 members (excludes halogenated alkanes) is 4. The van der Waals surface area contributed by atoms with Gasteiger partial charge >= 0.3 is 0 Å². The van der Waals surface area contributed by atoms with E-state index in [-0.39, 0.29) is 0 Å². The average molecular weight is 183 g/mol. The van der Waals surface area contributed by atoms with E-state index in [9.17, 15) is 0 Å². The Morgan fingerprint density at radius 2 is 1.85 bits per heavy atom. The van der Waals surface area contributed by atoms with Crippen molar-refractivity contribution in [3.8, 4) is 0 Å². The minimum Gasteiger partial charge on any atom is -0.316 e. The lowest BCUT2D eigenvalue weighted by Crippen LogP contribution is -2.27. The largest absolute Gasteiger partial charge is 0.316 e. The Hall–Kier alpha value is -0.0400. The Bertz CT molecular complexity index is 108. The molecule has 1 nitrogen and oxygen atoms in total. The fourth-order valence-electron chi connectivity index (χ4n) is 1.86. The number of hydrogen-bond donors (Lipinski definition) is 1. The second kappa shape index (κ2) is 7.37. The second-order valence-electron chi connectivity index (χ2n) is 4.42. The van der Waals surface area contributed by atoms with Gasteiger partial charge in [-0.05, 0) is 38.3 Å². The Morgan fingerprint density at radius 3 is 2.46 bits per heavy atom. The van der Waals surface area contributed by atoms with Crippen molar-refractivity contribution in [1.82, 2.24) is 5.32 Å². The molecule has 0 saturated heterocycles. The molecule has 1 aliphatic rings. The van der Waals surface area contributed by atoms with Crippen LogP contribution < -0.4 is 5.32 Å². The third-order valence-corrected chi connectivity index (χ3v) is 3.11. The first-order valence-corrected chi connectivity index (χ1v) is 6.14. The van der Waals surface area contributed by atoms with Crippen LogP contribution >= 0.6 is 0 Å². The van der Waals surface area contributed by atoms with Crippen LogP contribution in [0, 0.1) is 5.92 Å². The fourth-order valence-corrected chi connectivity index (χ4v) is 1.86. The number of nitrogens with one attached hydrogen (secondary N) is 1. The van der Waals surface area contributed by atoms with E-state index in [4.69, 9.17) is 0 Å². The van der Waals surface area contributed by atoms with Crippen molar-refractivity contribution in [2.75, 3.05) is 13.1 Å². The quantitative estimate of drug-likeness (QED) is 0.569. The Labute approximate surface area is 83.3 Å². The van der Waals surface area contributed by atoms with E-state index < -0.39 is 0 Å². The summed E-state index contributed by atoms with van der Waals surface area (Å²) < 4.78 is 0. The lowest BCUT2D eigenvalue weighted by molar-refractivity contribution is 0.301. The minimum atomic E-state index is 1.02. The summed E-state index contributed by atoms with van der Waals surface area (Å²) in [5.41, 5.74) is 0. The molecule has 0 unspecified atom stereocenters. The third kappa shape index (κ3) is 5.30. The van der Waals surface area contributed by atoms with E-state index in [0.717, 1.165) is 5.92 Å². The molecule has 1 heteroatoms. The van der Waals surface area contributed by atoms with Crippen molar-refractivity contribution >= 4 is 0 Å². The van der Waals surface area contributed by atoms with Crippen molar-refractivity contribution in [1.29, 1.82) is 0 Å². The first kappa shape index (κ1) is 11.0. The molecule has 0 bridgehead atoms. The van der Waals surface area contributed by atoms with Gasteiger partial charge in [0.2, 0.25) is 0 Å². The van der Waals surface area contributed by atoms with Crippen LogP contribution in [0.5, 0.6) is 0 Å². The monoisotopic (exact) mass is 183 g/mol. The SMILES string of the molecule is CCCCCCCNCC1CCC1. The normalized spacial score (nSPS) is 17.3. The number of rotatable bonds is 8. The fraction of sp³-hybridized carbons (Fsp3) is 1.00. The maximum atomic E-state index is 3.56. The highest BCUT2D eigenvalue weighted by Gasteiger charge is 2.15. The molecular weight excluding hydrogens is 158 g/mol. The molecule has 0 aromatic rings. The highest BCUT2D eigenvalue weighted by atomic mass is 14.9. The Kier molecular flexibility index (Phi) is 6.26. The lowest BCUT2D eigenvalue weighted by atomic mass is 9.85. The summed E-state index contributed by atoms with van der Waals surface area (Å²) >= 11 is 0. The molecule has 13 heavy (non-hydrogen) atoms. The highest BCUT2D eigenvalue weighted by molar-refractivity contribution is 4.71. The van der Waals surface area contributed by atoms with Gasteiger partial charge in [0.1, 0.15) is 0 Å². The van der Waals surface area contributed by atoms with Crippen molar-refractivity contribution in [2.45, 2.75) is 58.3 Å². The summed E-state index contributed by atoms with van der Waals surface area (Å²) in [5.74, 6) is 1.02. The summed E-state index contributed by atoms with van der Waals surface area (Å²) in [7, 11) is 0. The van der Waals surface area contributed by atoms with Gasteiger partial charge in [-0.3, -0.25) is 0 Å². The Morgan fingerprint density at radius 1 is 1.08 bits per heavy atom. The first-order valence-electron chi connectivity index (χ1n) is 6.14. The average Bonchev–Trinajstić information content (AvgIpc) is 2.07. The predicted molar refractivity (Wildman–Crippen MR) is 59.0 cm³/mol. The van der Waals surface area contributed by atoms with Crippen molar-refractivity contribution < 1.29 is 0 Å².